The van der Waals surface area contributed by atoms with Crippen LogP contribution in [0.25, 0.3) is 0 Å². The fourth-order valence-electron chi connectivity index (χ4n) is 3.41. The van der Waals surface area contributed by atoms with Crippen molar-refractivity contribution in [2.45, 2.75) is 62.1 Å². The quantitative estimate of drug-likeness (QED) is 0.659. The van der Waals surface area contributed by atoms with Gasteiger partial charge in [0.25, 0.3) is 5.91 Å². The predicted octanol–water partition coefficient (Wildman–Crippen LogP) is 1.93. The van der Waals surface area contributed by atoms with Crippen LogP contribution in [0, 0.1) is 0 Å². The van der Waals surface area contributed by atoms with Gasteiger partial charge in [0.2, 0.25) is 0 Å². The highest BCUT2D eigenvalue weighted by Gasteiger charge is 2.45. The molecule has 3 saturated heterocycles. The number of piperidine rings is 1. The normalized spacial score (nSPS) is 42.7. The molecule has 3 heterocycles. The summed E-state index contributed by atoms with van der Waals surface area (Å²) < 4.78 is 5.50. The molecule has 0 aromatic carbocycles. The van der Waals surface area contributed by atoms with Gasteiger partial charge in [0.1, 0.15) is 6.10 Å². The minimum absolute atomic E-state index is 0.157. The summed E-state index contributed by atoms with van der Waals surface area (Å²) in [5.41, 5.74) is 0. The van der Waals surface area contributed by atoms with E-state index in [1.54, 1.807) is 0 Å². The van der Waals surface area contributed by atoms with Crippen molar-refractivity contribution in [1.82, 2.24) is 4.90 Å². The summed E-state index contributed by atoms with van der Waals surface area (Å²) in [6.45, 7) is 0.748. The molecule has 1 amide bonds. The topological polar surface area (TPSA) is 29.5 Å². The van der Waals surface area contributed by atoms with Crippen LogP contribution in [-0.4, -0.2) is 41.0 Å². The van der Waals surface area contributed by atoms with E-state index in [2.05, 4.69) is 4.90 Å². The number of carbonyl (C=O) groups excluding carboxylic acids is 1. The Balaban J connectivity index is 1.72. The number of halogens is 1. The molecular formula is C12H18ClNO2. The average Bonchev–Trinajstić information content (AvgIpc) is 2.85. The summed E-state index contributed by atoms with van der Waals surface area (Å²) in [6.07, 6.45) is 5.97. The van der Waals surface area contributed by atoms with Gasteiger partial charge >= 0.3 is 0 Å². The third-order valence-electron chi connectivity index (χ3n) is 4.14. The van der Waals surface area contributed by atoms with Crippen molar-refractivity contribution in [3.8, 4) is 0 Å². The minimum atomic E-state index is -0.157. The SMILES string of the molecule is O=C(C1CCCO1)N1C2CCC1CC(Cl)C2. The Morgan fingerprint density at radius 1 is 1.19 bits per heavy atom. The number of amides is 1. The lowest BCUT2D eigenvalue weighted by Crippen LogP contribution is -2.50. The van der Waals surface area contributed by atoms with Gasteiger partial charge < -0.3 is 9.64 Å². The van der Waals surface area contributed by atoms with E-state index >= 15 is 0 Å². The summed E-state index contributed by atoms with van der Waals surface area (Å²) in [5.74, 6) is 0.230. The van der Waals surface area contributed by atoms with E-state index in [0.29, 0.717) is 12.1 Å². The van der Waals surface area contributed by atoms with Crippen molar-refractivity contribution in [3.05, 3.63) is 0 Å². The maximum absolute atomic E-state index is 12.3. The molecule has 0 aliphatic carbocycles. The molecule has 3 aliphatic rings. The van der Waals surface area contributed by atoms with Crippen molar-refractivity contribution in [3.63, 3.8) is 0 Å². The Morgan fingerprint density at radius 3 is 2.44 bits per heavy atom. The van der Waals surface area contributed by atoms with Crippen LogP contribution >= 0.6 is 11.6 Å². The van der Waals surface area contributed by atoms with Crippen molar-refractivity contribution in [1.29, 1.82) is 0 Å². The lowest BCUT2D eigenvalue weighted by molar-refractivity contribution is -0.145. The molecule has 3 nitrogen and oxygen atoms in total. The van der Waals surface area contributed by atoms with Gasteiger partial charge in [0.05, 0.1) is 0 Å². The smallest absolute Gasteiger partial charge is 0.252 e. The van der Waals surface area contributed by atoms with Gasteiger partial charge in [-0.1, -0.05) is 0 Å². The highest BCUT2D eigenvalue weighted by atomic mass is 35.5. The zero-order chi connectivity index (χ0) is 11.1. The van der Waals surface area contributed by atoms with E-state index < -0.39 is 0 Å². The predicted molar refractivity (Wildman–Crippen MR) is 61.5 cm³/mol. The molecular weight excluding hydrogens is 226 g/mol. The number of hydrogen-bond acceptors (Lipinski definition) is 2. The number of rotatable bonds is 1. The fourth-order valence-corrected chi connectivity index (χ4v) is 3.82. The molecule has 2 bridgehead atoms. The monoisotopic (exact) mass is 243 g/mol. The van der Waals surface area contributed by atoms with E-state index in [4.69, 9.17) is 16.3 Å². The third kappa shape index (κ3) is 1.74. The van der Waals surface area contributed by atoms with E-state index in [1.165, 1.54) is 0 Å². The van der Waals surface area contributed by atoms with Crippen LogP contribution in [0.4, 0.5) is 0 Å². The van der Waals surface area contributed by atoms with Crippen LogP contribution in [-0.2, 0) is 9.53 Å². The van der Waals surface area contributed by atoms with E-state index in [1.807, 2.05) is 0 Å². The molecule has 3 aliphatic heterocycles. The Hall–Kier alpha value is -0.280. The van der Waals surface area contributed by atoms with Crippen LogP contribution in [0.2, 0.25) is 0 Å². The zero-order valence-electron chi connectivity index (χ0n) is 9.40. The maximum atomic E-state index is 12.3. The van der Waals surface area contributed by atoms with E-state index in [0.717, 1.165) is 45.1 Å². The van der Waals surface area contributed by atoms with Gasteiger partial charge in [-0.15, -0.1) is 11.6 Å². The molecule has 0 spiro atoms. The second-order valence-electron chi connectivity index (χ2n) is 5.20. The summed E-state index contributed by atoms with van der Waals surface area (Å²) in [7, 11) is 0. The first kappa shape index (κ1) is 10.8. The van der Waals surface area contributed by atoms with Gasteiger partial charge in [0.15, 0.2) is 0 Å². The Labute approximate surface area is 101 Å². The second kappa shape index (κ2) is 4.19. The number of alkyl halides is 1. The molecule has 3 rings (SSSR count). The lowest BCUT2D eigenvalue weighted by atomic mass is 10.0. The van der Waals surface area contributed by atoms with Gasteiger partial charge in [-0.3, -0.25) is 4.79 Å². The van der Waals surface area contributed by atoms with E-state index in [-0.39, 0.29) is 17.4 Å². The highest BCUT2D eigenvalue weighted by Crippen LogP contribution is 2.38. The van der Waals surface area contributed by atoms with Crippen LogP contribution in [0.15, 0.2) is 0 Å². The first-order valence-corrected chi connectivity index (χ1v) is 6.77. The molecule has 0 radical (unpaired) electrons. The molecule has 4 heteroatoms. The molecule has 0 N–H and O–H groups in total. The van der Waals surface area contributed by atoms with Crippen LogP contribution in [0.3, 0.4) is 0 Å². The molecule has 0 aromatic heterocycles. The molecule has 0 saturated carbocycles. The first-order chi connectivity index (χ1) is 7.75. The Kier molecular flexibility index (Phi) is 2.84. The largest absolute Gasteiger partial charge is 0.368 e. The fraction of sp³-hybridized carbons (Fsp3) is 0.917. The van der Waals surface area contributed by atoms with Crippen molar-refractivity contribution >= 4 is 17.5 Å². The summed E-state index contributed by atoms with van der Waals surface area (Å²) in [5, 5.41) is 0.269. The van der Waals surface area contributed by atoms with Gasteiger partial charge in [-0.05, 0) is 38.5 Å². The molecule has 3 fully saturated rings. The minimum Gasteiger partial charge on any atom is -0.368 e. The number of ether oxygens (including phenoxy) is 1. The third-order valence-corrected chi connectivity index (χ3v) is 4.49. The summed E-state index contributed by atoms with van der Waals surface area (Å²) in [6, 6.07) is 0.774. The van der Waals surface area contributed by atoms with Gasteiger partial charge in [-0.2, -0.15) is 0 Å². The lowest BCUT2D eigenvalue weighted by Gasteiger charge is -2.38. The van der Waals surface area contributed by atoms with Crippen LogP contribution in [0.1, 0.15) is 38.5 Å². The zero-order valence-corrected chi connectivity index (χ0v) is 10.2. The summed E-state index contributed by atoms with van der Waals surface area (Å²) >= 11 is 6.21. The highest BCUT2D eigenvalue weighted by molar-refractivity contribution is 6.20. The van der Waals surface area contributed by atoms with Crippen LogP contribution < -0.4 is 0 Å². The number of fused-ring (bicyclic) bond motifs is 2. The molecule has 3 atom stereocenters. The molecule has 90 valence electrons. The molecule has 3 unspecified atom stereocenters. The Morgan fingerprint density at radius 2 is 1.88 bits per heavy atom. The van der Waals surface area contributed by atoms with Gasteiger partial charge in [-0.25, -0.2) is 0 Å². The number of carbonyl (C=O) groups is 1. The van der Waals surface area contributed by atoms with Gasteiger partial charge in [0, 0.05) is 24.1 Å². The second-order valence-corrected chi connectivity index (χ2v) is 5.82. The molecule has 16 heavy (non-hydrogen) atoms. The summed E-state index contributed by atoms with van der Waals surface area (Å²) in [4.78, 5) is 14.4. The Bertz CT molecular complexity index is 277. The van der Waals surface area contributed by atoms with Crippen LogP contribution in [0.5, 0.6) is 0 Å². The van der Waals surface area contributed by atoms with Crippen molar-refractivity contribution in [2.75, 3.05) is 6.61 Å². The van der Waals surface area contributed by atoms with Crippen molar-refractivity contribution in [2.24, 2.45) is 0 Å². The maximum Gasteiger partial charge on any atom is 0.252 e. The average molecular weight is 244 g/mol. The standard InChI is InChI=1S/C12H18ClNO2/c13-8-6-9-3-4-10(7-8)14(9)12(15)11-2-1-5-16-11/h8-11H,1-7H2. The van der Waals surface area contributed by atoms with Crippen molar-refractivity contribution < 1.29 is 9.53 Å². The molecule has 0 aromatic rings. The number of hydrogen-bond donors (Lipinski definition) is 0. The number of nitrogens with zero attached hydrogens (tertiary/aromatic N) is 1. The van der Waals surface area contributed by atoms with E-state index in [9.17, 15) is 4.79 Å². The first-order valence-electron chi connectivity index (χ1n) is 6.33.